The Bertz CT molecular complexity index is 1220. The van der Waals surface area contributed by atoms with Crippen LogP contribution in [0, 0.1) is 11.7 Å². The molecule has 2 aromatic rings. The van der Waals surface area contributed by atoms with Gasteiger partial charge in [-0.1, -0.05) is 37.3 Å². The predicted octanol–water partition coefficient (Wildman–Crippen LogP) is 2.26. The van der Waals surface area contributed by atoms with Gasteiger partial charge >= 0.3 is 0 Å². The molecule has 0 bridgehead atoms. The molecular weight excluding hydrogens is 509 g/mol. The second-order valence-corrected chi connectivity index (χ2v) is 12.1. The van der Waals surface area contributed by atoms with E-state index in [4.69, 9.17) is 5.73 Å². The molecule has 1 aliphatic carbocycles. The van der Waals surface area contributed by atoms with Gasteiger partial charge in [0.15, 0.2) is 0 Å². The van der Waals surface area contributed by atoms with E-state index in [1.165, 1.54) is 32.9 Å². The van der Waals surface area contributed by atoms with Crippen LogP contribution in [-0.4, -0.2) is 66.1 Å². The molecule has 2 amide bonds. The first kappa shape index (κ1) is 28.2. The smallest absolute Gasteiger partial charge is 0.283 e. The standard InChI is InChI=1S/C27H36FN5O4S/c1-18(26(34)30-22-10-8-21(28)9-11-22)16-24(29)25(17-20-6-4-3-5-7-20)31-27(35)19(2)32-14-15-33(23-12-13-23)38(32,36)37/h3-11,18-19,23-25H,12-17,29H2,1-2H3,(H,30,34)(H,31,35)/t18-,19+,24+,25+/m1/s1. The van der Waals surface area contributed by atoms with Gasteiger partial charge in [0.2, 0.25) is 11.8 Å². The predicted molar refractivity (Wildman–Crippen MR) is 144 cm³/mol. The Morgan fingerprint density at radius 2 is 1.68 bits per heavy atom. The lowest BCUT2D eigenvalue weighted by Gasteiger charge is -2.30. The van der Waals surface area contributed by atoms with Crippen LogP contribution in [0.3, 0.4) is 0 Å². The van der Waals surface area contributed by atoms with Crippen molar-refractivity contribution in [3.8, 4) is 0 Å². The monoisotopic (exact) mass is 545 g/mol. The van der Waals surface area contributed by atoms with Gasteiger partial charge in [-0.3, -0.25) is 9.59 Å². The van der Waals surface area contributed by atoms with E-state index < -0.39 is 46.0 Å². The fraction of sp³-hybridized carbons (Fsp3) is 0.481. The van der Waals surface area contributed by atoms with Gasteiger partial charge in [-0.2, -0.15) is 17.0 Å². The molecule has 0 unspecified atom stereocenters. The van der Waals surface area contributed by atoms with E-state index in [-0.39, 0.29) is 24.9 Å². The summed E-state index contributed by atoms with van der Waals surface area (Å²) in [4.78, 5) is 26.1. The van der Waals surface area contributed by atoms with Crippen molar-refractivity contribution in [3.63, 3.8) is 0 Å². The highest BCUT2D eigenvalue weighted by Gasteiger charge is 2.47. The van der Waals surface area contributed by atoms with Crippen LogP contribution in [0.15, 0.2) is 54.6 Å². The van der Waals surface area contributed by atoms with Gasteiger partial charge < -0.3 is 16.4 Å². The lowest BCUT2D eigenvalue weighted by atomic mass is 9.92. The molecule has 4 rings (SSSR count). The Labute approximate surface area is 223 Å². The number of carbonyl (C=O) groups excluding carboxylic acids is 2. The summed E-state index contributed by atoms with van der Waals surface area (Å²) in [6, 6.07) is 13.1. The molecule has 0 spiro atoms. The van der Waals surface area contributed by atoms with Crippen molar-refractivity contribution in [1.29, 1.82) is 0 Å². The van der Waals surface area contributed by atoms with Crippen LogP contribution in [0.5, 0.6) is 0 Å². The second kappa shape index (κ2) is 11.9. The molecular formula is C27H36FN5O4S. The average Bonchev–Trinajstić information content (AvgIpc) is 3.67. The van der Waals surface area contributed by atoms with Gasteiger partial charge in [0, 0.05) is 42.8 Å². The zero-order valence-electron chi connectivity index (χ0n) is 21.7. The highest BCUT2D eigenvalue weighted by atomic mass is 32.2. The van der Waals surface area contributed by atoms with E-state index in [2.05, 4.69) is 10.6 Å². The highest BCUT2D eigenvalue weighted by molar-refractivity contribution is 7.87. The van der Waals surface area contributed by atoms with E-state index in [9.17, 15) is 22.4 Å². The summed E-state index contributed by atoms with van der Waals surface area (Å²) in [6.45, 7) is 3.99. The molecule has 2 aromatic carbocycles. The van der Waals surface area contributed by atoms with Crippen LogP contribution in [0.1, 0.15) is 38.7 Å². The van der Waals surface area contributed by atoms with Crippen molar-refractivity contribution in [2.75, 3.05) is 18.4 Å². The van der Waals surface area contributed by atoms with Gasteiger partial charge in [0.05, 0.1) is 0 Å². The van der Waals surface area contributed by atoms with Crippen LogP contribution in [0.25, 0.3) is 0 Å². The van der Waals surface area contributed by atoms with Crippen molar-refractivity contribution in [1.82, 2.24) is 13.9 Å². The summed E-state index contributed by atoms with van der Waals surface area (Å²) in [6.07, 6.45) is 2.41. The Morgan fingerprint density at radius 1 is 1.03 bits per heavy atom. The molecule has 4 N–H and O–H groups in total. The van der Waals surface area contributed by atoms with Gasteiger partial charge in [0.1, 0.15) is 11.9 Å². The lowest BCUT2D eigenvalue weighted by Crippen LogP contribution is -2.55. The minimum absolute atomic E-state index is 0.0436. The summed E-state index contributed by atoms with van der Waals surface area (Å²) >= 11 is 0. The molecule has 11 heteroatoms. The average molecular weight is 546 g/mol. The number of hydrogen-bond acceptors (Lipinski definition) is 5. The Morgan fingerprint density at radius 3 is 2.32 bits per heavy atom. The van der Waals surface area contributed by atoms with E-state index in [1.54, 1.807) is 13.8 Å². The van der Waals surface area contributed by atoms with Crippen LogP contribution in [-0.2, 0) is 26.2 Å². The molecule has 1 aliphatic heterocycles. The van der Waals surface area contributed by atoms with Crippen LogP contribution >= 0.6 is 0 Å². The summed E-state index contributed by atoms with van der Waals surface area (Å²) < 4.78 is 41.9. The van der Waals surface area contributed by atoms with E-state index in [1.807, 2.05) is 30.3 Å². The molecule has 2 fully saturated rings. The number of nitrogens with one attached hydrogen (secondary N) is 2. The molecule has 2 aliphatic rings. The maximum Gasteiger partial charge on any atom is 0.283 e. The molecule has 9 nitrogen and oxygen atoms in total. The lowest BCUT2D eigenvalue weighted by molar-refractivity contribution is -0.125. The van der Waals surface area contributed by atoms with Gasteiger partial charge in [-0.15, -0.1) is 0 Å². The topological polar surface area (TPSA) is 125 Å². The number of hydrogen-bond donors (Lipinski definition) is 3. The maximum absolute atomic E-state index is 13.3. The third kappa shape index (κ3) is 6.76. The first-order valence-electron chi connectivity index (χ1n) is 13.0. The zero-order chi connectivity index (χ0) is 27.4. The Hall–Kier alpha value is -2.86. The Balaban J connectivity index is 1.42. The fourth-order valence-corrected chi connectivity index (χ4v) is 6.76. The number of carbonyl (C=O) groups is 2. The Kier molecular flexibility index (Phi) is 8.81. The maximum atomic E-state index is 13.3. The number of benzene rings is 2. The largest absolute Gasteiger partial charge is 0.350 e. The summed E-state index contributed by atoms with van der Waals surface area (Å²) in [5, 5.41) is 5.74. The molecule has 4 atom stereocenters. The second-order valence-electron chi connectivity index (χ2n) is 10.2. The number of anilines is 1. The summed E-state index contributed by atoms with van der Waals surface area (Å²) in [7, 11) is -3.69. The third-order valence-corrected chi connectivity index (χ3v) is 9.39. The van der Waals surface area contributed by atoms with E-state index >= 15 is 0 Å². The van der Waals surface area contributed by atoms with Gasteiger partial charge in [-0.05, 0) is 62.4 Å². The van der Waals surface area contributed by atoms with Gasteiger partial charge in [-0.25, -0.2) is 4.39 Å². The SMILES string of the molecule is C[C@H](C[C@H](N)[C@H](Cc1ccccc1)NC(=O)[C@H](C)N1CCN(C2CC2)S1(=O)=O)C(=O)Nc1ccc(F)cc1. The normalized spacial score (nSPS) is 20.8. The third-order valence-electron chi connectivity index (χ3n) is 7.23. The molecule has 0 aromatic heterocycles. The molecule has 1 saturated carbocycles. The van der Waals surface area contributed by atoms with Crippen molar-refractivity contribution >= 4 is 27.7 Å². The van der Waals surface area contributed by atoms with Crippen LogP contribution < -0.4 is 16.4 Å². The van der Waals surface area contributed by atoms with Crippen molar-refractivity contribution in [3.05, 3.63) is 66.0 Å². The number of halogens is 1. The van der Waals surface area contributed by atoms with Crippen molar-refractivity contribution in [2.45, 2.75) is 63.7 Å². The number of nitrogens with two attached hydrogens (primary N) is 1. The molecule has 1 saturated heterocycles. The minimum Gasteiger partial charge on any atom is -0.350 e. The number of rotatable bonds is 11. The number of amides is 2. The fourth-order valence-electron chi connectivity index (χ4n) is 4.78. The summed E-state index contributed by atoms with van der Waals surface area (Å²) in [5.74, 6) is -1.58. The van der Waals surface area contributed by atoms with Crippen LogP contribution in [0.4, 0.5) is 10.1 Å². The first-order chi connectivity index (χ1) is 18.1. The zero-order valence-corrected chi connectivity index (χ0v) is 22.5. The van der Waals surface area contributed by atoms with E-state index in [0.29, 0.717) is 18.7 Å². The molecule has 1 heterocycles. The van der Waals surface area contributed by atoms with E-state index in [0.717, 1.165) is 18.4 Å². The molecule has 38 heavy (non-hydrogen) atoms. The molecule has 0 radical (unpaired) electrons. The minimum atomic E-state index is -3.69. The first-order valence-corrected chi connectivity index (χ1v) is 14.4. The highest BCUT2D eigenvalue weighted by Crippen LogP contribution is 2.34. The quantitative estimate of drug-likeness (QED) is 0.400. The van der Waals surface area contributed by atoms with Crippen molar-refractivity contribution in [2.24, 2.45) is 11.7 Å². The van der Waals surface area contributed by atoms with Crippen molar-refractivity contribution < 1.29 is 22.4 Å². The van der Waals surface area contributed by atoms with Crippen LogP contribution in [0.2, 0.25) is 0 Å². The molecule has 206 valence electrons. The van der Waals surface area contributed by atoms with Gasteiger partial charge in [0.25, 0.3) is 10.2 Å². The number of nitrogens with zero attached hydrogens (tertiary/aromatic N) is 2. The summed E-state index contributed by atoms with van der Waals surface area (Å²) in [5.41, 5.74) is 7.99.